The first-order chi connectivity index (χ1) is 10.2. The highest BCUT2D eigenvalue weighted by Gasteiger charge is 2.37. The zero-order valence-electron chi connectivity index (χ0n) is 12.3. The molecule has 120 valence electrons. The number of rotatable bonds is 4. The fourth-order valence-corrected chi connectivity index (χ4v) is 3.16. The molecule has 2 atom stereocenters. The lowest BCUT2D eigenvalue weighted by atomic mass is 9.99. The molecule has 1 heterocycles. The highest BCUT2D eigenvalue weighted by molar-refractivity contribution is 7.92. The van der Waals surface area contributed by atoms with Crippen molar-refractivity contribution < 1.29 is 23.1 Å². The lowest BCUT2D eigenvalue weighted by Gasteiger charge is -2.18. The molecule has 1 fully saturated rings. The fourth-order valence-electron chi connectivity index (χ4n) is 2.58. The minimum absolute atomic E-state index is 0.128. The third kappa shape index (κ3) is 3.56. The molecule has 2 N–H and O–H groups in total. The number of hydrogen-bond acceptors (Lipinski definition) is 4. The number of para-hydroxylation sites is 1. The maximum atomic E-state index is 12.6. The van der Waals surface area contributed by atoms with Crippen molar-refractivity contribution in [3.63, 3.8) is 0 Å². The summed E-state index contributed by atoms with van der Waals surface area (Å²) in [6.45, 7) is 2.25. The Morgan fingerprint density at radius 1 is 1.27 bits per heavy atom. The van der Waals surface area contributed by atoms with E-state index in [9.17, 15) is 18.0 Å². The Bertz CT molecular complexity index is 701. The van der Waals surface area contributed by atoms with Crippen LogP contribution < -0.4 is 4.72 Å². The van der Waals surface area contributed by atoms with Gasteiger partial charge >= 0.3 is 5.97 Å². The van der Waals surface area contributed by atoms with Crippen LogP contribution in [0.3, 0.4) is 0 Å². The predicted octanol–water partition coefficient (Wildman–Crippen LogP) is 0.851. The molecule has 1 aliphatic heterocycles. The number of aliphatic carboxylic acids is 1. The highest BCUT2D eigenvalue weighted by atomic mass is 32.2. The quantitative estimate of drug-likeness (QED) is 0.854. The zero-order valence-corrected chi connectivity index (χ0v) is 13.1. The summed E-state index contributed by atoms with van der Waals surface area (Å²) in [6, 6.07) is 6.28. The summed E-state index contributed by atoms with van der Waals surface area (Å²) in [6.07, 6.45) is 1.01. The summed E-state index contributed by atoms with van der Waals surface area (Å²) in [7, 11) is -3.51. The monoisotopic (exact) mass is 326 g/mol. The number of carbonyl (C=O) groups is 2. The van der Waals surface area contributed by atoms with E-state index in [-0.39, 0.29) is 29.6 Å². The van der Waals surface area contributed by atoms with Gasteiger partial charge in [-0.3, -0.25) is 14.3 Å². The summed E-state index contributed by atoms with van der Waals surface area (Å²) < 4.78 is 25.1. The van der Waals surface area contributed by atoms with Gasteiger partial charge in [-0.15, -0.1) is 0 Å². The SMILES string of the molecule is C[C@@H]1CN(C(=O)c2ccccc2NS(C)(=O)=O)C[C@H]1C(=O)O. The van der Waals surface area contributed by atoms with E-state index in [1.54, 1.807) is 19.1 Å². The number of nitrogens with one attached hydrogen (secondary N) is 1. The van der Waals surface area contributed by atoms with Gasteiger partial charge in [-0.25, -0.2) is 8.42 Å². The molecule has 2 rings (SSSR count). The van der Waals surface area contributed by atoms with Gasteiger partial charge in [-0.05, 0) is 18.1 Å². The van der Waals surface area contributed by atoms with Crippen molar-refractivity contribution in [2.45, 2.75) is 6.92 Å². The fraction of sp³-hybridized carbons (Fsp3) is 0.429. The van der Waals surface area contributed by atoms with E-state index in [0.717, 1.165) is 6.26 Å². The minimum Gasteiger partial charge on any atom is -0.481 e. The molecule has 1 aliphatic rings. The highest BCUT2D eigenvalue weighted by Crippen LogP contribution is 2.27. The number of benzene rings is 1. The Morgan fingerprint density at radius 2 is 1.91 bits per heavy atom. The van der Waals surface area contributed by atoms with Crippen LogP contribution in [0.15, 0.2) is 24.3 Å². The molecule has 0 spiro atoms. The number of carbonyl (C=O) groups excluding carboxylic acids is 1. The second-order valence-electron chi connectivity index (χ2n) is 5.55. The molecular formula is C14H18N2O5S. The van der Waals surface area contributed by atoms with Crippen LogP contribution in [0.25, 0.3) is 0 Å². The van der Waals surface area contributed by atoms with Crippen molar-refractivity contribution in [2.24, 2.45) is 11.8 Å². The standard InChI is InChI=1S/C14H18N2O5S/c1-9-7-16(8-11(9)14(18)19)13(17)10-5-3-4-6-12(10)15-22(2,20)21/h3-6,9,11,15H,7-8H2,1-2H3,(H,18,19)/t9-,11-/m1/s1. The molecule has 0 aliphatic carbocycles. The van der Waals surface area contributed by atoms with Gasteiger partial charge < -0.3 is 10.0 Å². The Balaban J connectivity index is 2.26. The number of likely N-dealkylation sites (tertiary alicyclic amines) is 1. The van der Waals surface area contributed by atoms with Crippen LogP contribution in [0.1, 0.15) is 17.3 Å². The smallest absolute Gasteiger partial charge is 0.308 e. The van der Waals surface area contributed by atoms with Crippen LogP contribution in [0, 0.1) is 11.8 Å². The van der Waals surface area contributed by atoms with Gasteiger partial charge in [-0.2, -0.15) is 0 Å². The third-order valence-electron chi connectivity index (χ3n) is 3.67. The number of nitrogens with zero attached hydrogens (tertiary/aromatic N) is 1. The summed E-state index contributed by atoms with van der Waals surface area (Å²) in [5.41, 5.74) is 0.410. The molecule has 0 bridgehead atoms. The van der Waals surface area contributed by atoms with E-state index >= 15 is 0 Å². The minimum atomic E-state index is -3.51. The average Bonchev–Trinajstić information content (AvgIpc) is 2.79. The molecule has 0 radical (unpaired) electrons. The molecule has 1 aromatic carbocycles. The Morgan fingerprint density at radius 3 is 2.45 bits per heavy atom. The van der Waals surface area contributed by atoms with Gasteiger partial charge in [-0.1, -0.05) is 19.1 Å². The topological polar surface area (TPSA) is 104 Å². The van der Waals surface area contributed by atoms with Crippen LogP contribution in [0.4, 0.5) is 5.69 Å². The number of hydrogen-bond donors (Lipinski definition) is 2. The maximum absolute atomic E-state index is 12.6. The Labute approximate surface area is 129 Å². The van der Waals surface area contributed by atoms with Crippen molar-refractivity contribution in [3.05, 3.63) is 29.8 Å². The molecule has 22 heavy (non-hydrogen) atoms. The van der Waals surface area contributed by atoms with Gasteiger partial charge in [0.1, 0.15) is 0 Å². The van der Waals surface area contributed by atoms with E-state index in [4.69, 9.17) is 5.11 Å². The zero-order chi connectivity index (χ0) is 16.5. The van der Waals surface area contributed by atoms with Crippen molar-refractivity contribution in [2.75, 3.05) is 24.1 Å². The molecule has 1 aromatic rings. The van der Waals surface area contributed by atoms with E-state index in [0.29, 0.717) is 6.54 Å². The van der Waals surface area contributed by atoms with Gasteiger partial charge in [0.05, 0.1) is 23.4 Å². The van der Waals surface area contributed by atoms with Crippen molar-refractivity contribution in [1.82, 2.24) is 4.90 Å². The largest absolute Gasteiger partial charge is 0.481 e. The van der Waals surface area contributed by atoms with E-state index in [2.05, 4.69) is 4.72 Å². The molecule has 1 saturated heterocycles. The van der Waals surface area contributed by atoms with Crippen LogP contribution in [-0.2, 0) is 14.8 Å². The molecule has 0 unspecified atom stereocenters. The average molecular weight is 326 g/mol. The molecule has 0 aromatic heterocycles. The van der Waals surface area contributed by atoms with E-state index in [1.807, 2.05) is 0 Å². The number of sulfonamides is 1. The number of anilines is 1. The maximum Gasteiger partial charge on any atom is 0.308 e. The van der Waals surface area contributed by atoms with Gasteiger partial charge in [0.15, 0.2) is 0 Å². The summed E-state index contributed by atoms with van der Waals surface area (Å²) in [4.78, 5) is 25.2. The number of amides is 1. The number of carboxylic acids is 1. The molecule has 0 saturated carbocycles. The molecule has 1 amide bonds. The molecular weight excluding hydrogens is 308 g/mol. The van der Waals surface area contributed by atoms with E-state index < -0.39 is 21.9 Å². The Hall–Kier alpha value is -2.09. The van der Waals surface area contributed by atoms with Crippen LogP contribution in [0.2, 0.25) is 0 Å². The van der Waals surface area contributed by atoms with Crippen LogP contribution in [0.5, 0.6) is 0 Å². The van der Waals surface area contributed by atoms with Crippen molar-refractivity contribution >= 4 is 27.6 Å². The van der Waals surface area contributed by atoms with Crippen LogP contribution in [-0.4, -0.2) is 49.6 Å². The van der Waals surface area contributed by atoms with Crippen LogP contribution >= 0.6 is 0 Å². The lowest BCUT2D eigenvalue weighted by Crippen LogP contribution is -2.30. The summed E-state index contributed by atoms with van der Waals surface area (Å²) in [5.74, 6) is -2.04. The third-order valence-corrected chi connectivity index (χ3v) is 4.26. The van der Waals surface area contributed by atoms with Crippen molar-refractivity contribution in [3.8, 4) is 0 Å². The lowest BCUT2D eigenvalue weighted by molar-refractivity contribution is -0.142. The van der Waals surface area contributed by atoms with Gasteiger partial charge in [0.2, 0.25) is 10.0 Å². The first-order valence-electron chi connectivity index (χ1n) is 6.78. The van der Waals surface area contributed by atoms with Crippen molar-refractivity contribution in [1.29, 1.82) is 0 Å². The van der Waals surface area contributed by atoms with E-state index in [1.165, 1.54) is 17.0 Å². The first-order valence-corrected chi connectivity index (χ1v) is 8.67. The molecule has 7 nitrogen and oxygen atoms in total. The number of carboxylic acid groups (broad SMARTS) is 1. The second-order valence-corrected chi connectivity index (χ2v) is 7.30. The molecule has 8 heteroatoms. The first kappa shape index (κ1) is 16.3. The summed E-state index contributed by atoms with van der Waals surface area (Å²) in [5, 5.41) is 9.13. The summed E-state index contributed by atoms with van der Waals surface area (Å²) >= 11 is 0. The van der Waals surface area contributed by atoms with Gasteiger partial charge in [0.25, 0.3) is 5.91 Å². The van der Waals surface area contributed by atoms with Gasteiger partial charge in [0, 0.05) is 13.1 Å². The Kier molecular flexibility index (Phi) is 4.41. The normalized spacial score (nSPS) is 21.6. The second kappa shape index (κ2) is 5.96. The predicted molar refractivity (Wildman–Crippen MR) is 81.1 cm³/mol.